The first kappa shape index (κ1) is 14.8. The van der Waals surface area contributed by atoms with Gasteiger partial charge in [-0.3, -0.25) is 0 Å². The zero-order valence-electron chi connectivity index (χ0n) is 11.8. The Labute approximate surface area is 124 Å². The molecule has 0 saturated carbocycles. The van der Waals surface area contributed by atoms with Crippen LogP contribution in [0.5, 0.6) is 0 Å². The maximum atomic E-state index is 5.81. The van der Waals surface area contributed by atoms with Gasteiger partial charge in [-0.2, -0.15) is 0 Å². The number of hydrogen-bond acceptors (Lipinski definition) is 3. The molecule has 0 aromatic heterocycles. The van der Waals surface area contributed by atoms with Gasteiger partial charge in [0, 0.05) is 29.6 Å². The van der Waals surface area contributed by atoms with E-state index in [0.29, 0.717) is 12.1 Å². The molecule has 1 aromatic rings. The highest BCUT2D eigenvalue weighted by Crippen LogP contribution is 2.30. The summed E-state index contributed by atoms with van der Waals surface area (Å²) < 4.78 is 1.18. The predicted octanol–water partition coefficient (Wildman–Crippen LogP) is 2.70. The minimum Gasteiger partial charge on any atom is -0.366 e. The van der Waals surface area contributed by atoms with Gasteiger partial charge in [-0.15, -0.1) is 0 Å². The minimum atomic E-state index is 0.499. The molecule has 0 bridgehead atoms. The lowest BCUT2D eigenvalue weighted by molar-refractivity contribution is 0.253. The molecule has 2 atom stereocenters. The summed E-state index contributed by atoms with van der Waals surface area (Å²) in [5.74, 6) is 0. The molecule has 1 aliphatic heterocycles. The summed E-state index contributed by atoms with van der Waals surface area (Å²) in [6.07, 6.45) is 2.23. The van der Waals surface area contributed by atoms with Crippen LogP contribution in [0.1, 0.15) is 19.8 Å². The van der Waals surface area contributed by atoms with E-state index in [0.717, 1.165) is 26.1 Å². The van der Waals surface area contributed by atoms with Crippen LogP contribution < -0.4 is 10.6 Å². The third kappa shape index (κ3) is 3.50. The van der Waals surface area contributed by atoms with Crippen molar-refractivity contribution in [3.63, 3.8) is 0 Å². The Morgan fingerprint density at radius 3 is 2.79 bits per heavy atom. The van der Waals surface area contributed by atoms with Crippen molar-refractivity contribution >= 4 is 21.6 Å². The van der Waals surface area contributed by atoms with E-state index >= 15 is 0 Å². The van der Waals surface area contributed by atoms with Gasteiger partial charge in [-0.05, 0) is 61.4 Å². The monoisotopic (exact) mass is 325 g/mol. The molecule has 0 aliphatic carbocycles. The fourth-order valence-corrected chi connectivity index (χ4v) is 3.29. The van der Waals surface area contributed by atoms with Crippen molar-refractivity contribution in [2.24, 2.45) is 5.73 Å². The highest BCUT2D eigenvalue weighted by atomic mass is 79.9. The maximum Gasteiger partial charge on any atom is 0.0513 e. The highest BCUT2D eigenvalue weighted by molar-refractivity contribution is 9.10. The maximum absolute atomic E-state index is 5.81. The van der Waals surface area contributed by atoms with Gasteiger partial charge in [-0.1, -0.05) is 12.1 Å². The van der Waals surface area contributed by atoms with Crippen molar-refractivity contribution in [1.82, 2.24) is 4.90 Å². The number of anilines is 1. The number of halogens is 1. The van der Waals surface area contributed by atoms with Gasteiger partial charge in [0.05, 0.1) is 5.69 Å². The fourth-order valence-electron chi connectivity index (χ4n) is 2.78. The number of rotatable bonds is 3. The summed E-state index contributed by atoms with van der Waals surface area (Å²) in [6, 6.07) is 9.62. The van der Waals surface area contributed by atoms with Gasteiger partial charge in [0.15, 0.2) is 0 Å². The normalized spacial score (nSPS) is 25.4. The van der Waals surface area contributed by atoms with E-state index < -0.39 is 0 Å². The third-order valence-electron chi connectivity index (χ3n) is 4.14. The first-order valence-electron chi connectivity index (χ1n) is 7.05. The standard InChI is InChI=1S/C15H24BrN3/c1-12-8-10-19(13(7-9-17)11-18(12)2)15-6-4-3-5-14(15)16/h3-6,12-13H,7-11,17H2,1-2H3. The average molecular weight is 326 g/mol. The Bertz CT molecular complexity index is 410. The van der Waals surface area contributed by atoms with Crippen molar-refractivity contribution < 1.29 is 0 Å². The zero-order valence-corrected chi connectivity index (χ0v) is 13.4. The van der Waals surface area contributed by atoms with Gasteiger partial charge in [0.2, 0.25) is 0 Å². The van der Waals surface area contributed by atoms with Crippen LogP contribution in [-0.4, -0.2) is 43.7 Å². The summed E-state index contributed by atoms with van der Waals surface area (Å²) in [4.78, 5) is 4.98. The van der Waals surface area contributed by atoms with E-state index in [9.17, 15) is 0 Å². The molecular formula is C15H24BrN3. The molecule has 1 aliphatic rings. The van der Waals surface area contributed by atoms with Gasteiger partial charge < -0.3 is 15.5 Å². The first-order valence-corrected chi connectivity index (χ1v) is 7.84. The van der Waals surface area contributed by atoms with Crippen LogP contribution in [0.4, 0.5) is 5.69 Å². The van der Waals surface area contributed by atoms with E-state index in [1.807, 2.05) is 0 Å². The molecule has 0 spiro atoms. The lowest BCUT2D eigenvalue weighted by Gasteiger charge is -2.33. The first-order chi connectivity index (χ1) is 9.13. The van der Waals surface area contributed by atoms with Gasteiger partial charge >= 0.3 is 0 Å². The Morgan fingerprint density at radius 2 is 2.11 bits per heavy atom. The van der Waals surface area contributed by atoms with Crippen LogP contribution in [0.25, 0.3) is 0 Å². The summed E-state index contributed by atoms with van der Waals surface area (Å²) in [5.41, 5.74) is 7.11. The predicted molar refractivity (Wildman–Crippen MR) is 85.7 cm³/mol. The van der Waals surface area contributed by atoms with Crippen LogP contribution in [0.15, 0.2) is 28.7 Å². The summed E-state index contributed by atoms with van der Waals surface area (Å²) in [5, 5.41) is 0. The van der Waals surface area contributed by atoms with E-state index in [2.05, 4.69) is 64.0 Å². The Morgan fingerprint density at radius 1 is 1.37 bits per heavy atom. The largest absolute Gasteiger partial charge is 0.366 e. The molecule has 1 heterocycles. The van der Waals surface area contributed by atoms with E-state index in [1.54, 1.807) is 0 Å². The lowest BCUT2D eigenvalue weighted by atomic mass is 10.1. The SMILES string of the molecule is CC1CCN(c2ccccc2Br)C(CCN)CN1C. The second-order valence-corrected chi connectivity index (χ2v) is 6.31. The van der Waals surface area contributed by atoms with Crippen molar-refractivity contribution in [3.05, 3.63) is 28.7 Å². The number of nitrogens with zero attached hydrogens (tertiary/aromatic N) is 2. The van der Waals surface area contributed by atoms with Crippen LogP contribution in [-0.2, 0) is 0 Å². The van der Waals surface area contributed by atoms with Crippen molar-refractivity contribution in [2.75, 3.05) is 31.6 Å². The van der Waals surface area contributed by atoms with Gasteiger partial charge in [0.1, 0.15) is 0 Å². The number of nitrogens with two attached hydrogens (primary N) is 1. The molecule has 2 rings (SSSR count). The summed E-state index contributed by atoms with van der Waals surface area (Å²) in [6.45, 7) is 5.23. The van der Waals surface area contributed by atoms with Crippen LogP contribution in [0, 0.1) is 0 Å². The average Bonchev–Trinajstić information content (AvgIpc) is 2.52. The number of benzene rings is 1. The van der Waals surface area contributed by atoms with E-state index in [1.165, 1.54) is 16.6 Å². The molecule has 0 amide bonds. The van der Waals surface area contributed by atoms with Crippen LogP contribution in [0.2, 0.25) is 0 Å². The molecule has 1 fully saturated rings. The molecule has 1 saturated heterocycles. The number of likely N-dealkylation sites (N-methyl/N-ethyl adjacent to an activating group) is 1. The third-order valence-corrected chi connectivity index (χ3v) is 4.81. The van der Waals surface area contributed by atoms with Crippen LogP contribution in [0.3, 0.4) is 0 Å². The molecule has 3 nitrogen and oxygen atoms in total. The smallest absolute Gasteiger partial charge is 0.0513 e. The number of hydrogen-bond donors (Lipinski definition) is 1. The summed E-state index contributed by atoms with van der Waals surface area (Å²) in [7, 11) is 2.22. The second kappa shape index (κ2) is 6.73. The van der Waals surface area contributed by atoms with Gasteiger partial charge in [-0.25, -0.2) is 0 Å². The van der Waals surface area contributed by atoms with Crippen molar-refractivity contribution in [3.8, 4) is 0 Å². The second-order valence-electron chi connectivity index (χ2n) is 5.45. The van der Waals surface area contributed by atoms with Crippen molar-refractivity contribution in [2.45, 2.75) is 31.8 Å². The molecule has 4 heteroatoms. The molecule has 0 radical (unpaired) electrons. The van der Waals surface area contributed by atoms with E-state index in [-0.39, 0.29) is 0 Å². The molecule has 2 N–H and O–H groups in total. The van der Waals surface area contributed by atoms with E-state index in [4.69, 9.17) is 5.73 Å². The minimum absolute atomic E-state index is 0.499. The summed E-state index contributed by atoms with van der Waals surface area (Å²) >= 11 is 3.68. The Hall–Kier alpha value is -0.580. The fraction of sp³-hybridized carbons (Fsp3) is 0.600. The molecule has 19 heavy (non-hydrogen) atoms. The zero-order chi connectivity index (χ0) is 13.8. The highest BCUT2D eigenvalue weighted by Gasteiger charge is 2.27. The molecular weight excluding hydrogens is 302 g/mol. The Kier molecular flexibility index (Phi) is 5.25. The molecule has 2 unspecified atom stereocenters. The number of para-hydroxylation sites is 1. The Balaban J connectivity index is 2.27. The lowest BCUT2D eigenvalue weighted by Crippen LogP contribution is -2.42. The topological polar surface area (TPSA) is 32.5 Å². The quantitative estimate of drug-likeness (QED) is 0.927. The van der Waals surface area contributed by atoms with Crippen LogP contribution >= 0.6 is 15.9 Å². The van der Waals surface area contributed by atoms with Crippen molar-refractivity contribution in [1.29, 1.82) is 0 Å². The van der Waals surface area contributed by atoms with Gasteiger partial charge in [0.25, 0.3) is 0 Å². The molecule has 1 aromatic carbocycles. The molecule has 106 valence electrons.